The Bertz CT molecular complexity index is 775. The number of aryl methyl sites for hydroxylation is 1. The van der Waals surface area contributed by atoms with Crippen LogP contribution in [0.15, 0.2) is 30.5 Å². The molecule has 1 aromatic heterocycles. The first kappa shape index (κ1) is 18.8. The van der Waals surface area contributed by atoms with E-state index in [1.54, 1.807) is 0 Å². The van der Waals surface area contributed by atoms with Gasteiger partial charge in [-0.05, 0) is 69.6 Å². The lowest BCUT2D eigenvalue weighted by Gasteiger charge is -2.42. The maximum absolute atomic E-state index is 11.0. The third-order valence-corrected chi connectivity index (χ3v) is 5.68. The predicted molar refractivity (Wildman–Crippen MR) is 104 cm³/mol. The van der Waals surface area contributed by atoms with Crippen LogP contribution in [0.2, 0.25) is 0 Å². The molecular weight excluding hydrogens is 326 g/mol. The van der Waals surface area contributed by atoms with E-state index >= 15 is 0 Å². The van der Waals surface area contributed by atoms with E-state index in [-0.39, 0.29) is 6.42 Å². The highest BCUT2D eigenvalue weighted by atomic mass is 16.4. The maximum Gasteiger partial charge on any atom is 0.303 e. The Kier molecular flexibility index (Phi) is 5.89. The number of aromatic nitrogens is 1. The summed E-state index contributed by atoms with van der Waals surface area (Å²) < 4.78 is 0. The van der Waals surface area contributed by atoms with E-state index in [1.807, 2.05) is 12.3 Å². The summed E-state index contributed by atoms with van der Waals surface area (Å²) >= 11 is 0. The number of rotatable bonds is 6. The number of pyridine rings is 1. The van der Waals surface area contributed by atoms with Gasteiger partial charge in [-0.2, -0.15) is 0 Å². The van der Waals surface area contributed by atoms with Gasteiger partial charge in [-0.1, -0.05) is 12.1 Å². The van der Waals surface area contributed by atoms with Crippen molar-refractivity contribution in [2.75, 3.05) is 27.2 Å². The van der Waals surface area contributed by atoms with Gasteiger partial charge in [-0.3, -0.25) is 14.7 Å². The van der Waals surface area contributed by atoms with Gasteiger partial charge in [-0.15, -0.1) is 0 Å². The van der Waals surface area contributed by atoms with Crippen LogP contribution in [0.3, 0.4) is 0 Å². The van der Waals surface area contributed by atoms with Crippen LogP contribution in [0.25, 0.3) is 10.9 Å². The normalized spacial score (nSPS) is 21.4. The summed E-state index contributed by atoms with van der Waals surface area (Å²) in [5.74, 6) is -0.307. The average molecular weight is 355 g/mol. The second-order valence-corrected chi connectivity index (χ2v) is 7.68. The van der Waals surface area contributed by atoms with E-state index in [0.717, 1.165) is 38.0 Å². The average Bonchev–Trinajstić information content (AvgIpc) is 2.62. The fourth-order valence-corrected chi connectivity index (χ4v) is 4.27. The fourth-order valence-electron chi connectivity index (χ4n) is 4.27. The number of piperidine rings is 1. The van der Waals surface area contributed by atoms with Gasteiger partial charge in [0.25, 0.3) is 0 Å². The van der Waals surface area contributed by atoms with Crippen molar-refractivity contribution in [2.45, 2.75) is 38.8 Å². The standard InChI is InChI=1S/C21H29N3O2/c1-15-6-8-19-17(5-4-11-22-19)18(15)14-24-12-10-20(23(2)3)16(13-24)7-9-21(25)26/h4-6,8,11,16,20H,7,9-10,12-14H2,1-3H3,(H,25,26)/t16-,20+/m0/s1. The number of carboxylic acid groups (broad SMARTS) is 1. The smallest absolute Gasteiger partial charge is 0.303 e. The van der Waals surface area contributed by atoms with Gasteiger partial charge in [0.15, 0.2) is 0 Å². The molecule has 140 valence electrons. The van der Waals surface area contributed by atoms with Gasteiger partial charge in [-0.25, -0.2) is 0 Å². The molecule has 0 bridgehead atoms. The summed E-state index contributed by atoms with van der Waals surface area (Å²) in [5.41, 5.74) is 3.68. The molecule has 2 aromatic rings. The number of benzene rings is 1. The second kappa shape index (κ2) is 8.14. The number of nitrogens with zero attached hydrogens (tertiary/aromatic N) is 3. The minimum absolute atomic E-state index is 0.250. The largest absolute Gasteiger partial charge is 0.481 e. The zero-order chi connectivity index (χ0) is 18.7. The number of hydrogen-bond acceptors (Lipinski definition) is 4. The van der Waals surface area contributed by atoms with E-state index in [2.05, 4.69) is 54.0 Å². The van der Waals surface area contributed by atoms with Gasteiger partial charge in [0.2, 0.25) is 0 Å². The van der Waals surface area contributed by atoms with Gasteiger partial charge in [0.1, 0.15) is 0 Å². The van der Waals surface area contributed by atoms with Gasteiger partial charge < -0.3 is 10.0 Å². The molecule has 5 heteroatoms. The minimum Gasteiger partial charge on any atom is -0.481 e. The van der Waals surface area contributed by atoms with Crippen molar-refractivity contribution >= 4 is 16.9 Å². The van der Waals surface area contributed by atoms with E-state index in [0.29, 0.717) is 12.0 Å². The molecule has 5 nitrogen and oxygen atoms in total. The lowest BCUT2D eigenvalue weighted by atomic mass is 9.87. The molecule has 1 aromatic carbocycles. The number of hydrogen-bond donors (Lipinski definition) is 1. The van der Waals surface area contributed by atoms with Crippen molar-refractivity contribution in [3.63, 3.8) is 0 Å². The quantitative estimate of drug-likeness (QED) is 0.863. The highest BCUT2D eigenvalue weighted by molar-refractivity contribution is 5.83. The lowest BCUT2D eigenvalue weighted by molar-refractivity contribution is -0.137. The molecular formula is C21H29N3O2. The minimum atomic E-state index is -0.699. The molecule has 0 unspecified atom stereocenters. The van der Waals surface area contributed by atoms with Crippen LogP contribution in [0.4, 0.5) is 0 Å². The number of carbonyl (C=O) groups is 1. The molecule has 2 heterocycles. The molecule has 1 aliphatic heterocycles. The number of fused-ring (bicyclic) bond motifs is 1. The Morgan fingerprint density at radius 3 is 2.88 bits per heavy atom. The van der Waals surface area contributed by atoms with Crippen molar-refractivity contribution < 1.29 is 9.90 Å². The topological polar surface area (TPSA) is 56.7 Å². The zero-order valence-electron chi connectivity index (χ0n) is 16.0. The lowest BCUT2D eigenvalue weighted by Crippen LogP contribution is -2.48. The third-order valence-electron chi connectivity index (χ3n) is 5.68. The molecule has 26 heavy (non-hydrogen) atoms. The van der Waals surface area contributed by atoms with Crippen LogP contribution in [0.1, 0.15) is 30.4 Å². The molecule has 3 rings (SSSR count). The van der Waals surface area contributed by atoms with Crippen molar-refractivity contribution in [1.82, 2.24) is 14.8 Å². The summed E-state index contributed by atoms with van der Waals surface area (Å²) in [5, 5.41) is 10.3. The Morgan fingerprint density at radius 1 is 1.35 bits per heavy atom. The molecule has 2 atom stereocenters. The molecule has 1 aliphatic rings. The second-order valence-electron chi connectivity index (χ2n) is 7.68. The summed E-state index contributed by atoms with van der Waals surface area (Å²) in [6.07, 6.45) is 3.91. The Morgan fingerprint density at radius 2 is 2.15 bits per heavy atom. The van der Waals surface area contributed by atoms with Gasteiger partial charge in [0.05, 0.1) is 5.52 Å². The van der Waals surface area contributed by atoms with E-state index in [1.165, 1.54) is 16.5 Å². The van der Waals surface area contributed by atoms with Crippen molar-refractivity contribution in [3.8, 4) is 0 Å². The molecule has 1 saturated heterocycles. The number of aliphatic carboxylic acids is 1. The van der Waals surface area contributed by atoms with Crippen LogP contribution in [-0.4, -0.2) is 59.1 Å². The van der Waals surface area contributed by atoms with Crippen LogP contribution in [0, 0.1) is 12.8 Å². The molecule has 0 spiro atoms. The fraction of sp³-hybridized carbons (Fsp3) is 0.524. The first-order valence-corrected chi connectivity index (χ1v) is 9.39. The number of likely N-dealkylation sites (tertiary alicyclic amines) is 1. The molecule has 0 amide bonds. The SMILES string of the molecule is Cc1ccc2ncccc2c1CN1CC[C@@H](N(C)C)[C@@H](CCC(=O)O)C1. The molecule has 1 fully saturated rings. The molecule has 0 aliphatic carbocycles. The summed E-state index contributed by atoms with van der Waals surface area (Å²) in [6.45, 7) is 5.06. The van der Waals surface area contributed by atoms with Crippen LogP contribution < -0.4 is 0 Å². The van der Waals surface area contributed by atoms with Crippen LogP contribution in [-0.2, 0) is 11.3 Å². The van der Waals surface area contributed by atoms with Gasteiger partial charge >= 0.3 is 5.97 Å². The van der Waals surface area contributed by atoms with E-state index < -0.39 is 5.97 Å². The molecule has 0 radical (unpaired) electrons. The number of carboxylic acids is 1. The Labute approximate surface area is 155 Å². The molecule has 0 saturated carbocycles. The zero-order valence-corrected chi connectivity index (χ0v) is 16.0. The van der Waals surface area contributed by atoms with Crippen molar-refractivity contribution in [2.24, 2.45) is 5.92 Å². The summed E-state index contributed by atoms with van der Waals surface area (Å²) in [7, 11) is 4.21. The Hall–Kier alpha value is -1.98. The Balaban J connectivity index is 1.78. The van der Waals surface area contributed by atoms with Crippen molar-refractivity contribution in [3.05, 3.63) is 41.6 Å². The first-order chi connectivity index (χ1) is 12.5. The summed E-state index contributed by atoms with van der Waals surface area (Å²) in [4.78, 5) is 20.3. The predicted octanol–water partition coefficient (Wildman–Crippen LogP) is 3.16. The first-order valence-electron chi connectivity index (χ1n) is 9.39. The summed E-state index contributed by atoms with van der Waals surface area (Å²) in [6, 6.07) is 8.85. The maximum atomic E-state index is 11.0. The monoisotopic (exact) mass is 355 g/mol. The van der Waals surface area contributed by atoms with Gasteiger partial charge in [0, 0.05) is 37.1 Å². The van der Waals surface area contributed by atoms with E-state index in [9.17, 15) is 4.79 Å². The highest BCUT2D eigenvalue weighted by Gasteiger charge is 2.31. The van der Waals surface area contributed by atoms with E-state index in [4.69, 9.17) is 5.11 Å². The highest BCUT2D eigenvalue weighted by Crippen LogP contribution is 2.28. The van der Waals surface area contributed by atoms with Crippen LogP contribution >= 0.6 is 0 Å². The van der Waals surface area contributed by atoms with Crippen molar-refractivity contribution in [1.29, 1.82) is 0 Å². The molecule has 1 N–H and O–H groups in total. The van der Waals surface area contributed by atoms with Crippen LogP contribution in [0.5, 0.6) is 0 Å². The third kappa shape index (κ3) is 4.22.